The minimum atomic E-state index is -3.26. The summed E-state index contributed by atoms with van der Waals surface area (Å²) < 4.78 is 46.7. The van der Waals surface area contributed by atoms with Crippen molar-refractivity contribution in [2.45, 2.75) is 30.3 Å². The maximum atomic E-state index is 12.2. The molecule has 1 aromatic carbocycles. The van der Waals surface area contributed by atoms with E-state index < -0.39 is 22.6 Å². The Kier molecular flexibility index (Phi) is 6.45. The van der Waals surface area contributed by atoms with Crippen molar-refractivity contribution in [1.29, 1.82) is 0 Å². The molecule has 4 rings (SSSR count). The summed E-state index contributed by atoms with van der Waals surface area (Å²) >= 11 is 0. The number of carbonyl (C=O) groups is 1. The minimum absolute atomic E-state index is 0.105. The molecule has 172 valence electrons. The predicted molar refractivity (Wildman–Crippen MR) is 115 cm³/mol. The van der Waals surface area contributed by atoms with E-state index in [1.807, 2.05) is 4.90 Å². The number of nitrogens with zero attached hydrogens (tertiary/aromatic N) is 4. The molecule has 2 aliphatic rings. The Balaban J connectivity index is 1.40. The van der Waals surface area contributed by atoms with E-state index in [9.17, 15) is 17.6 Å². The van der Waals surface area contributed by atoms with Crippen LogP contribution in [0.3, 0.4) is 0 Å². The van der Waals surface area contributed by atoms with Crippen molar-refractivity contribution in [1.82, 2.24) is 14.9 Å². The first-order chi connectivity index (χ1) is 15.3. The van der Waals surface area contributed by atoms with E-state index in [-0.39, 0.29) is 12.7 Å². The van der Waals surface area contributed by atoms with E-state index in [4.69, 9.17) is 9.47 Å². The standard InChI is InChI=1S/C21H25FN4O5S/c1-32(28,29)17-2-3-18-15(12-17)4-10-26(18)19-13-20(24-14-23-19)31-16-5-8-25(9-6-16)21(27)30-11-7-22/h2-3,12-14,16H,4-11H2,1H3. The van der Waals surface area contributed by atoms with Crippen molar-refractivity contribution in [2.75, 3.05) is 44.1 Å². The van der Waals surface area contributed by atoms with Crippen molar-refractivity contribution in [3.05, 3.63) is 36.2 Å². The molecule has 11 heteroatoms. The summed E-state index contributed by atoms with van der Waals surface area (Å²) in [6.45, 7) is 0.695. The fraction of sp³-hybridized carbons (Fsp3) is 0.476. The van der Waals surface area contributed by atoms with E-state index in [1.54, 1.807) is 29.2 Å². The number of benzene rings is 1. The van der Waals surface area contributed by atoms with Crippen molar-refractivity contribution in [3.8, 4) is 5.88 Å². The lowest BCUT2D eigenvalue weighted by molar-refractivity contribution is 0.0632. The Morgan fingerprint density at radius 3 is 2.69 bits per heavy atom. The number of likely N-dealkylation sites (tertiary alicyclic amines) is 1. The SMILES string of the molecule is CS(=O)(=O)c1ccc2c(c1)CCN2c1cc(OC2CCN(C(=O)OCCF)CC2)ncn1. The normalized spacial score (nSPS) is 16.7. The lowest BCUT2D eigenvalue weighted by atomic mass is 10.1. The lowest BCUT2D eigenvalue weighted by Crippen LogP contribution is -2.42. The molecule has 1 fully saturated rings. The quantitative estimate of drug-likeness (QED) is 0.643. The summed E-state index contributed by atoms with van der Waals surface area (Å²) in [5, 5.41) is 0. The Bertz CT molecular complexity index is 1090. The molecule has 1 amide bonds. The third-order valence-electron chi connectivity index (χ3n) is 5.57. The number of ether oxygens (including phenoxy) is 2. The third-order valence-corrected chi connectivity index (χ3v) is 6.68. The van der Waals surface area contributed by atoms with Gasteiger partial charge in [-0.2, -0.15) is 0 Å². The number of anilines is 2. The second kappa shape index (κ2) is 9.27. The molecule has 2 aromatic rings. The summed E-state index contributed by atoms with van der Waals surface area (Å²) in [5.41, 5.74) is 1.88. The van der Waals surface area contributed by atoms with Gasteiger partial charge in [0.2, 0.25) is 5.88 Å². The first kappa shape index (κ1) is 22.3. The smallest absolute Gasteiger partial charge is 0.409 e. The zero-order valence-corrected chi connectivity index (χ0v) is 18.6. The van der Waals surface area contributed by atoms with Gasteiger partial charge in [-0.05, 0) is 30.2 Å². The molecule has 9 nitrogen and oxygen atoms in total. The number of fused-ring (bicyclic) bond motifs is 1. The molecule has 0 spiro atoms. The van der Waals surface area contributed by atoms with Gasteiger partial charge in [-0.25, -0.2) is 27.6 Å². The highest BCUT2D eigenvalue weighted by Gasteiger charge is 2.27. The monoisotopic (exact) mass is 464 g/mol. The van der Waals surface area contributed by atoms with E-state index in [0.717, 1.165) is 17.7 Å². The van der Waals surface area contributed by atoms with Crippen molar-refractivity contribution < 1.29 is 27.1 Å². The number of halogens is 1. The molecule has 0 unspecified atom stereocenters. The number of carbonyl (C=O) groups excluding carboxylic acids is 1. The average molecular weight is 465 g/mol. The van der Waals surface area contributed by atoms with Crippen LogP contribution in [0.1, 0.15) is 18.4 Å². The highest BCUT2D eigenvalue weighted by molar-refractivity contribution is 7.90. The number of aromatic nitrogens is 2. The molecule has 0 radical (unpaired) electrons. The van der Waals surface area contributed by atoms with Crippen LogP contribution < -0.4 is 9.64 Å². The second-order valence-electron chi connectivity index (χ2n) is 7.79. The van der Waals surface area contributed by atoms with Gasteiger partial charge in [0, 0.05) is 50.5 Å². The Morgan fingerprint density at radius 1 is 1.19 bits per heavy atom. The molecule has 2 aliphatic heterocycles. The van der Waals surface area contributed by atoms with Gasteiger partial charge in [0.1, 0.15) is 31.5 Å². The number of hydrogen-bond donors (Lipinski definition) is 0. The molecule has 3 heterocycles. The number of piperidine rings is 1. The van der Waals surface area contributed by atoms with Gasteiger partial charge >= 0.3 is 6.09 Å². The molecule has 0 atom stereocenters. The molecule has 0 N–H and O–H groups in total. The predicted octanol–water partition coefficient (Wildman–Crippen LogP) is 2.52. The number of alkyl halides is 1. The van der Waals surface area contributed by atoms with Gasteiger partial charge in [0.05, 0.1) is 4.90 Å². The fourth-order valence-electron chi connectivity index (χ4n) is 3.93. The molecular formula is C21H25FN4O5S. The second-order valence-corrected chi connectivity index (χ2v) is 9.80. The largest absolute Gasteiger partial charge is 0.474 e. The van der Waals surface area contributed by atoms with Crippen LogP contribution in [0.15, 0.2) is 35.5 Å². The summed E-state index contributed by atoms with van der Waals surface area (Å²) in [4.78, 5) is 24.3. The van der Waals surface area contributed by atoms with Crippen LogP contribution in [0.4, 0.5) is 20.7 Å². The van der Waals surface area contributed by atoms with Crippen LogP contribution in [0.25, 0.3) is 0 Å². The summed E-state index contributed by atoms with van der Waals surface area (Å²) in [6, 6.07) is 6.90. The zero-order chi connectivity index (χ0) is 22.7. The zero-order valence-electron chi connectivity index (χ0n) is 17.7. The van der Waals surface area contributed by atoms with Gasteiger partial charge in [0.15, 0.2) is 9.84 Å². The van der Waals surface area contributed by atoms with Crippen LogP contribution in [0.5, 0.6) is 5.88 Å². The topological polar surface area (TPSA) is 102 Å². The maximum absolute atomic E-state index is 12.2. The highest BCUT2D eigenvalue weighted by Crippen LogP contribution is 2.35. The Morgan fingerprint density at radius 2 is 1.97 bits per heavy atom. The minimum Gasteiger partial charge on any atom is -0.474 e. The van der Waals surface area contributed by atoms with Crippen molar-refractivity contribution >= 4 is 27.4 Å². The number of hydrogen-bond acceptors (Lipinski definition) is 8. The van der Waals surface area contributed by atoms with Crippen LogP contribution >= 0.6 is 0 Å². The van der Waals surface area contributed by atoms with Gasteiger partial charge < -0.3 is 19.3 Å². The van der Waals surface area contributed by atoms with Gasteiger partial charge in [0.25, 0.3) is 0 Å². The van der Waals surface area contributed by atoms with E-state index in [2.05, 4.69) is 9.97 Å². The molecular weight excluding hydrogens is 439 g/mol. The first-order valence-corrected chi connectivity index (χ1v) is 12.3. The van der Waals surface area contributed by atoms with Crippen molar-refractivity contribution in [3.63, 3.8) is 0 Å². The van der Waals surface area contributed by atoms with Crippen LogP contribution in [0, 0.1) is 0 Å². The maximum Gasteiger partial charge on any atom is 0.409 e. The van der Waals surface area contributed by atoms with E-state index in [0.29, 0.717) is 49.1 Å². The van der Waals surface area contributed by atoms with Crippen LogP contribution in [0.2, 0.25) is 0 Å². The first-order valence-electron chi connectivity index (χ1n) is 10.4. The van der Waals surface area contributed by atoms with Crippen molar-refractivity contribution in [2.24, 2.45) is 0 Å². The Hall–Kier alpha value is -2.95. The fourth-order valence-corrected chi connectivity index (χ4v) is 4.60. The highest BCUT2D eigenvalue weighted by atomic mass is 32.2. The molecule has 0 saturated carbocycles. The summed E-state index contributed by atoms with van der Waals surface area (Å²) in [6.07, 6.45) is 3.98. The third kappa shape index (κ3) is 4.93. The lowest BCUT2D eigenvalue weighted by Gasteiger charge is -2.31. The van der Waals surface area contributed by atoms with Gasteiger partial charge in [-0.3, -0.25) is 0 Å². The van der Waals surface area contributed by atoms with Crippen LogP contribution in [-0.4, -0.2) is 74.7 Å². The molecule has 32 heavy (non-hydrogen) atoms. The molecule has 1 saturated heterocycles. The number of amides is 1. The summed E-state index contributed by atoms with van der Waals surface area (Å²) in [7, 11) is -3.26. The molecule has 0 aliphatic carbocycles. The Labute approximate surface area is 186 Å². The number of sulfone groups is 1. The van der Waals surface area contributed by atoms with Gasteiger partial charge in [-0.1, -0.05) is 0 Å². The van der Waals surface area contributed by atoms with Crippen LogP contribution in [-0.2, 0) is 21.0 Å². The summed E-state index contributed by atoms with van der Waals surface area (Å²) in [5.74, 6) is 1.11. The van der Waals surface area contributed by atoms with Gasteiger partial charge in [-0.15, -0.1) is 0 Å². The van der Waals surface area contributed by atoms with E-state index >= 15 is 0 Å². The molecule has 0 bridgehead atoms. The molecule has 1 aromatic heterocycles. The average Bonchev–Trinajstić information content (AvgIpc) is 3.21. The number of rotatable bonds is 6. The van der Waals surface area contributed by atoms with E-state index in [1.165, 1.54) is 12.6 Å².